The van der Waals surface area contributed by atoms with Crippen LogP contribution in [0.1, 0.15) is 18.3 Å². The molecule has 0 spiro atoms. The molecule has 1 rings (SSSR count). The summed E-state index contributed by atoms with van der Waals surface area (Å²) >= 11 is 0. The molecular weight excluding hydrogens is 190 g/mol. The van der Waals surface area contributed by atoms with Crippen molar-refractivity contribution in [3.8, 4) is 0 Å². The van der Waals surface area contributed by atoms with Crippen molar-refractivity contribution < 1.29 is 4.79 Å². The lowest BCUT2D eigenvalue weighted by atomic mass is 10.3. The second-order valence-corrected chi connectivity index (χ2v) is 3.43. The molecular formula is C11H17N3O. The summed E-state index contributed by atoms with van der Waals surface area (Å²) in [5.74, 6) is 0.00507. The molecule has 0 saturated heterocycles. The molecule has 0 aliphatic heterocycles. The molecule has 0 unspecified atom stereocenters. The Labute approximate surface area is 90.1 Å². The Morgan fingerprint density at radius 2 is 2.20 bits per heavy atom. The minimum Gasteiger partial charge on any atom is -0.355 e. The van der Waals surface area contributed by atoms with E-state index in [9.17, 15) is 4.79 Å². The van der Waals surface area contributed by atoms with Crippen LogP contribution < -0.4 is 10.6 Å². The number of aromatic nitrogens is 1. The first-order valence-electron chi connectivity index (χ1n) is 5.06. The molecule has 0 aliphatic rings. The Morgan fingerprint density at radius 3 is 2.87 bits per heavy atom. The van der Waals surface area contributed by atoms with E-state index >= 15 is 0 Å². The fraction of sp³-hybridized carbons (Fsp3) is 0.455. The Balaban J connectivity index is 2.17. The number of hydrogen-bond donors (Lipinski definition) is 2. The van der Waals surface area contributed by atoms with E-state index in [1.807, 2.05) is 25.1 Å². The number of amides is 1. The SMILES string of the molecule is CC(=O)NCCNCc1cccc(C)n1. The van der Waals surface area contributed by atoms with Gasteiger partial charge in [-0.2, -0.15) is 0 Å². The monoisotopic (exact) mass is 207 g/mol. The summed E-state index contributed by atoms with van der Waals surface area (Å²) in [5.41, 5.74) is 2.05. The van der Waals surface area contributed by atoms with Gasteiger partial charge in [-0.3, -0.25) is 9.78 Å². The van der Waals surface area contributed by atoms with E-state index in [1.165, 1.54) is 6.92 Å². The zero-order valence-electron chi connectivity index (χ0n) is 9.21. The number of aryl methyl sites for hydroxylation is 1. The molecule has 0 radical (unpaired) electrons. The molecule has 0 aliphatic carbocycles. The van der Waals surface area contributed by atoms with Gasteiger partial charge in [-0.1, -0.05) is 6.07 Å². The van der Waals surface area contributed by atoms with Crippen LogP contribution in [0.3, 0.4) is 0 Å². The van der Waals surface area contributed by atoms with Crippen LogP contribution in [0.15, 0.2) is 18.2 Å². The van der Waals surface area contributed by atoms with Crippen LogP contribution >= 0.6 is 0 Å². The first kappa shape index (κ1) is 11.7. The zero-order valence-corrected chi connectivity index (χ0v) is 9.21. The number of hydrogen-bond acceptors (Lipinski definition) is 3. The van der Waals surface area contributed by atoms with Gasteiger partial charge in [0.05, 0.1) is 5.69 Å². The average molecular weight is 207 g/mol. The van der Waals surface area contributed by atoms with Gasteiger partial charge in [-0.15, -0.1) is 0 Å². The largest absolute Gasteiger partial charge is 0.355 e. The Bertz CT molecular complexity index is 325. The van der Waals surface area contributed by atoms with Crippen molar-refractivity contribution in [1.82, 2.24) is 15.6 Å². The standard InChI is InChI=1S/C11H17N3O/c1-9-4-3-5-11(14-9)8-12-6-7-13-10(2)15/h3-5,12H,6-8H2,1-2H3,(H,13,15). The Kier molecular flexibility index (Phi) is 4.77. The van der Waals surface area contributed by atoms with E-state index in [1.54, 1.807) is 0 Å². The van der Waals surface area contributed by atoms with Crippen molar-refractivity contribution in [1.29, 1.82) is 0 Å². The van der Waals surface area contributed by atoms with Gasteiger partial charge in [0, 0.05) is 32.3 Å². The van der Waals surface area contributed by atoms with Crippen LogP contribution in [0.2, 0.25) is 0 Å². The first-order chi connectivity index (χ1) is 7.18. The third-order valence-electron chi connectivity index (χ3n) is 1.93. The number of carbonyl (C=O) groups excluding carboxylic acids is 1. The highest BCUT2D eigenvalue weighted by Crippen LogP contribution is 1.96. The van der Waals surface area contributed by atoms with Crippen LogP contribution in [-0.4, -0.2) is 24.0 Å². The number of nitrogens with one attached hydrogen (secondary N) is 2. The molecule has 4 nitrogen and oxygen atoms in total. The molecule has 0 bridgehead atoms. The molecule has 1 heterocycles. The lowest BCUT2D eigenvalue weighted by molar-refractivity contribution is -0.118. The zero-order chi connectivity index (χ0) is 11.1. The van der Waals surface area contributed by atoms with Crippen molar-refractivity contribution in [3.63, 3.8) is 0 Å². The minimum atomic E-state index is 0.00507. The summed E-state index contributed by atoms with van der Waals surface area (Å²) in [6.45, 7) is 5.64. The summed E-state index contributed by atoms with van der Waals surface area (Å²) in [5, 5.41) is 5.93. The van der Waals surface area contributed by atoms with Crippen LogP contribution in [0, 0.1) is 6.92 Å². The van der Waals surface area contributed by atoms with E-state index < -0.39 is 0 Å². The van der Waals surface area contributed by atoms with E-state index in [0.717, 1.165) is 24.5 Å². The second-order valence-electron chi connectivity index (χ2n) is 3.43. The molecule has 1 aromatic rings. The van der Waals surface area contributed by atoms with Gasteiger partial charge in [0.1, 0.15) is 0 Å². The maximum atomic E-state index is 10.6. The van der Waals surface area contributed by atoms with Gasteiger partial charge in [0.25, 0.3) is 0 Å². The molecule has 0 saturated carbocycles. The highest BCUT2D eigenvalue weighted by molar-refractivity contribution is 5.72. The van der Waals surface area contributed by atoms with Gasteiger partial charge < -0.3 is 10.6 Å². The number of carbonyl (C=O) groups is 1. The number of rotatable bonds is 5. The molecule has 0 atom stereocenters. The van der Waals surface area contributed by atoms with Crippen LogP contribution in [-0.2, 0) is 11.3 Å². The highest BCUT2D eigenvalue weighted by atomic mass is 16.1. The van der Waals surface area contributed by atoms with Gasteiger partial charge in [0.15, 0.2) is 0 Å². The Morgan fingerprint density at radius 1 is 1.40 bits per heavy atom. The van der Waals surface area contributed by atoms with E-state index in [4.69, 9.17) is 0 Å². The normalized spacial score (nSPS) is 10.0. The van der Waals surface area contributed by atoms with Crippen LogP contribution in [0.25, 0.3) is 0 Å². The van der Waals surface area contributed by atoms with Gasteiger partial charge in [0.2, 0.25) is 5.91 Å². The lowest BCUT2D eigenvalue weighted by Crippen LogP contribution is -2.30. The molecule has 0 aromatic carbocycles. The molecule has 15 heavy (non-hydrogen) atoms. The predicted octanol–water partition coefficient (Wildman–Crippen LogP) is 0.616. The number of nitrogens with zero attached hydrogens (tertiary/aromatic N) is 1. The van der Waals surface area contributed by atoms with Crippen LogP contribution in [0.5, 0.6) is 0 Å². The summed E-state index contributed by atoms with van der Waals surface area (Å²) in [6.07, 6.45) is 0. The molecule has 2 N–H and O–H groups in total. The first-order valence-corrected chi connectivity index (χ1v) is 5.06. The van der Waals surface area contributed by atoms with E-state index in [0.29, 0.717) is 6.54 Å². The van der Waals surface area contributed by atoms with Gasteiger partial charge in [-0.05, 0) is 19.1 Å². The topological polar surface area (TPSA) is 54.0 Å². The van der Waals surface area contributed by atoms with E-state index in [-0.39, 0.29) is 5.91 Å². The van der Waals surface area contributed by atoms with Gasteiger partial charge >= 0.3 is 0 Å². The van der Waals surface area contributed by atoms with Crippen molar-refractivity contribution in [2.24, 2.45) is 0 Å². The quantitative estimate of drug-likeness (QED) is 0.696. The maximum absolute atomic E-state index is 10.6. The molecule has 0 fully saturated rings. The van der Waals surface area contributed by atoms with Crippen molar-refractivity contribution in [2.45, 2.75) is 20.4 Å². The van der Waals surface area contributed by atoms with Crippen molar-refractivity contribution in [3.05, 3.63) is 29.6 Å². The Hall–Kier alpha value is -1.42. The molecule has 1 aromatic heterocycles. The van der Waals surface area contributed by atoms with Crippen LogP contribution in [0.4, 0.5) is 0 Å². The van der Waals surface area contributed by atoms with Gasteiger partial charge in [-0.25, -0.2) is 0 Å². The van der Waals surface area contributed by atoms with Crippen molar-refractivity contribution in [2.75, 3.05) is 13.1 Å². The summed E-state index contributed by atoms with van der Waals surface area (Å²) in [6, 6.07) is 5.95. The van der Waals surface area contributed by atoms with Crippen molar-refractivity contribution >= 4 is 5.91 Å². The summed E-state index contributed by atoms with van der Waals surface area (Å²) in [4.78, 5) is 14.9. The third-order valence-corrected chi connectivity index (χ3v) is 1.93. The highest BCUT2D eigenvalue weighted by Gasteiger charge is 1.94. The third kappa shape index (κ3) is 5.12. The average Bonchev–Trinajstić information content (AvgIpc) is 2.17. The minimum absolute atomic E-state index is 0.00507. The maximum Gasteiger partial charge on any atom is 0.216 e. The van der Waals surface area contributed by atoms with E-state index in [2.05, 4.69) is 15.6 Å². The molecule has 4 heteroatoms. The summed E-state index contributed by atoms with van der Waals surface area (Å²) < 4.78 is 0. The fourth-order valence-electron chi connectivity index (χ4n) is 1.24. The lowest BCUT2D eigenvalue weighted by Gasteiger charge is -2.05. The fourth-order valence-corrected chi connectivity index (χ4v) is 1.24. The smallest absolute Gasteiger partial charge is 0.216 e. The molecule has 1 amide bonds. The second kappa shape index (κ2) is 6.14. The number of pyridine rings is 1. The molecule has 82 valence electrons. The predicted molar refractivity (Wildman–Crippen MR) is 59.4 cm³/mol. The summed E-state index contributed by atoms with van der Waals surface area (Å²) in [7, 11) is 0.